The molecule has 1 saturated heterocycles. The normalized spacial score (nSPS) is 14.8. The maximum Gasteiger partial charge on any atom is 0.416 e. The van der Waals surface area contributed by atoms with Crippen LogP contribution >= 0.6 is 0 Å². The van der Waals surface area contributed by atoms with Gasteiger partial charge in [0.25, 0.3) is 0 Å². The number of hydrogen-bond acceptors (Lipinski definition) is 6. The fourth-order valence-electron chi connectivity index (χ4n) is 5.05. The van der Waals surface area contributed by atoms with Crippen LogP contribution < -0.4 is 10.2 Å². The van der Waals surface area contributed by atoms with Crippen LogP contribution in [-0.4, -0.2) is 45.0 Å². The molecule has 208 valence electrons. The first-order valence-corrected chi connectivity index (χ1v) is 13.5. The van der Waals surface area contributed by atoms with Gasteiger partial charge in [0, 0.05) is 55.4 Å². The van der Waals surface area contributed by atoms with Crippen molar-refractivity contribution in [3.63, 3.8) is 0 Å². The van der Waals surface area contributed by atoms with E-state index in [1.54, 1.807) is 24.7 Å². The summed E-state index contributed by atoms with van der Waals surface area (Å²) in [6.07, 6.45) is 2.79. The summed E-state index contributed by atoms with van der Waals surface area (Å²) in [4.78, 5) is 18.3. The third-order valence-corrected chi connectivity index (χ3v) is 7.33. The van der Waals surface area contributed by atoms with E-state index in [1.165, 1.54) is 12.1 Å². The minimum absolute atomic E-state index is 0.242. The van der Waals surface area contributed by atoms with Crippen LogP contribution in [0.2, 0.25) is 0 Å². The smallest absolute Gasteiger partial charge is 0.354 e. The molecule has 0 radical (unpaired) electrons. The molecule has 0 saturated carbocycles. The maximum absolute atomic E-state index is 13.1. The van der Waals surface area contributed by atoms with Crippen LogP contribution in [0.3, 0.4) is 0 Å². The van der Waals surface area contributed by atoms with Gasteiger partial charge in [0.05, 0.1) is 23.1 Å². The van der Waals surface area contributed by atoms with Gasteiger partial charge in [0.1, 0.15) is 0 Å². The predicted molar refractivity (Wildman–Crippen MR) is 152 cm³/mol. The van der Waals surface area contributed by atoms with E-state index in [4.69, 9.17) is 4.98 Å². The fourth-order valence-corrected chi connectivity index (χ4v) is 5.05. The van der Waals surface area contributed by atoms with Gasteiger partial charge in [-0.25, -0.2) is 9.97 Å². The van der Waals surface area contributed by atoms with Crippen LogP contribution in [0.4, 0.5) is 30.5 Å². The molecule has 3 heterocycles. The van der Waals surface area contributed by atoms with Crippen molar-refractivity contribution in [1.29, 1.82) is 0 Å². The summed E-state index contributed by atoms with van der Waals surface area (Å²) in [5, 5.41) is 3.36. The lowest BCUT2D eigenvalue weighted by atomic mass is 10.0. The number of benzene rings is 2. The van der Waals surface area contributed by atoms with Gasteiger partial charge in [0.15, 0.2) is 0 Å². The molecule has 0 amide bonds. The Kier molecular flexibility index (Phi) is 8.30. The highest BCUT2D eigenvalue weighted by Gasteiger charge is 2.30. The highest BCUT2D eigenvalue weighted by molar-refractivity contribution is 5.61. The molecule has 9 heteroatoms. The lowest BCUT2D eigenvalue weighted by Crippen LogP contribution is -2.47. The van der Waals surface area contributed by atoms with Crippen molar-refractivity contribution in [2.45, 2.75) is 51.5 Å². The zero-order valence-electron chi connectivity index (χ0n) is 22.6. The minimum Gasteiger partial charge on any atom is -0.354 e. The molecule has 1 fully saturated rings. The highest BCUT2D eigenvalue weighted by atomic mass is 19.4. The molecule has 4 aromatic rings. The summed E-state index contributed by atoms with van der Waals surface area (Å²) < 4.78 is 39.2. The van der Waals surface area contributed by atoms with Crippen LogP contribution in [0.5, 0.6) is 0 Å². The van der Waals surface area contributed by atoms with Crippen molar-refractivity contribution >= 4 is 17.3 Å². The molecule has 2 aromatic carbocycles. The van der Waals surface area contributed by atoms with E-state index in [-0.39, 0.29) is 6.04 Å². The quantitative estimate of drug-likeness (QED) is 0.253. The monoisotopic (exact) mass is 546 g/mol. The maximum atomic E-state index is 13.1. The lowest BCUT2D eigenvalue weighted by Gasteiger charge is -2.40. The van der Waals surface area contributed by atoms with Crippen LogP contribution in [0.1, 0.15) is 37.8 Å². The zero-order chi connectivity index (χ0) is 28.1. The van der Waals surface area contributed by atoms with Crippen molar-refractivity contribution in [2.75, 3.05) is 23.3 Å². The molecule has 1 aliphatic rings. The molecule has 0 spiro atoms. The molecule has 5 rings (SSSR count). The van der Waals surface area contributed by atoms with Crippen molar-refractivity contribution < 1.29 is 13.2 Å². The van der Waals surface area contributed by atoms with Crippen LogP contribution in [-0.2, 0) is 12.7 Å². The van der Waals surface area contributed by atoms with Crippen molar-refractivity contribution in [1.82, 2.24) is 19.9 Å². The predicted octanol–water partition coefficient (Wildman–Crippen LogP) is 7.18. The molecular weight excluding hydrogens is 513 g/mol. The van der Waals surface area contributed by atoms with E-state index in [0.29, 0.717) is 29.8 Å². The molecule has 6 nitrogen and oxygen atoms in total. The van der Waals surface area contributed by atoms with Gasteiger partial charge in [-0.15, -0.1) is 0 Å². The van der Waals surface area contributed by atoms with E-state index in [0.717, 1.165) is 55.0 Å². The molecule has 1 N–H and O–H groups in total. The van der Waals surface area contributed by atoms with Gasteiger partial charge in [-0.05, 0) is 74.7 Å². The van der Waals surface area contributed by atoms with Gasteiger partial charge in [-0.3, -0.25) is 4.98 Å². The Morgan fingerprint density at radius 2 is 1.65 bits per heavy atom. The van der Waals surface area contributed by atoms with Gasteiger partial charge < -0.3 is 15.1 Å². The Balaban J connectivity index is 1.39. The number of piperidine rings is 1. The minimum atomic E-state index is -4.37. The number of hydrogen-bond donors (Lipinski definition) is 1. The zero-order valence-corrected chi connectivity index (χ0v) is 22.6. The van der Waals surface area contributed by atoms with Gasteiger partial charge in [-0.2, -0.15) is 13.2 Å². The molecule has 40 heavy (non-hydrogen) atoms. The average molecular weight is 547 g/mol. The highest BCUT2D eigenvalue weighted by Crippen LogP contribution is 2.31. The summed E-state index contributed by atoms with van der Waals surface area (Å²) in [5.74, 6) is 0.581. The van der Waals surface area contributed by atoms with Crippen molar-refractivity contribution in [2.24, 2.45) is 0 Å². The van der Waals surface area contributed by atoms with Gasteiger partial charge >= 0.3 is 6.18 Å². The molecule has 1 aliphatic heterocycles. The van der Waals surface area contributed by atoms with Gasteiger partial charge in [0.2, 0.25) is 5.95 Å². The van der Waals surface area contributed by atoms with Gasteiger partial charge in [-0.1, -0.05) is 24.3 Å². The lowest BCUT2D eigenvalue weighted by molar-refractivity contribution is -0.137. The number of likely N-dealkylation sites (tertiary alicyclic amines) is 1. The third kappa shape index (κ3) is 6.77. The second-order valence-electron chi connectivity index (χ2n) is 10.4. The van der Waals surface area contributed by atoms with Crippen molar-refractivity contribution in [3.8, 4) is 11.3 Å². The fraction of sp³-hybridized carbons (Fsp3) is 0.323. The molecule has 2 aromatic heterocycles. The topological polar surface area (TPSA) is 57.2 Å². The number of nitrogens with zero attached hydrogens (tertiary/aromatic N) is 5. The first-order chi connectivity index (χ1) is 19.3. The molecule has 0 aliphatic carbocycles. The summed E-state index contributed by atoms with van der Waals surface area (Å²) in [7, 11) is 0. The second-order valence-corrected chi connectivity index (χ2v) is 10.4. The van der Waals surface area contributed by atoms with Crippen LogP contribution in [0.25, 0.3) is 11.3 Å². The SMILES string of the molecule is CC(C)N1CCC(N(Cc2ccc(Nc3cccnc3)cc2)c2nccc(-c3ccc(C(F)(F)F)cc3)n2)CC1. The Labute approximate surface area is 232 Å². The number of halogens is 3. The third-order valence-electron chi connectivity index (χ3n) is 7.33. The Morgan fingerprint density at radius 3 is 2.27 bits per heavy atom. The number of nitrogens with one attached hydrogen (secondary N) is 1. The van der Waals surface area contributed by atoms with E-state index < -0.39 is 11.7 Å². The number of anilines is 3. The largest absolute Gasteiger partial charge is 0.416 e. The summed E-state index contributed by atoms with van der Waals surface area (Å²) in [6, 6.07) is 19.7. The molecule has 0 atom stereocenters. The number of aromatic nitrogens is 3. The van der Waals surface area contributed by atoms with Crippen LogP contribution in [0, 0.1) is 0 Å². The Bertz CT molecular complexity index is 1370. The summed E-state index contributed by atoms with van der Waals surface area (Å²) in [6.45, 7) is 7.04. The van der Waals surface area contributed by atoms with E-state index in [2.05, 4.69) is 51.1 Å². The first kappa shape index (κ1) is 27.6. The first-order valence-electron chi connectivity index (χ1n) is 13.5. The molecule has 0 bridgehead atoms. The number of alkyl halides is 3. The van der Waals surface area contributed by atoms with E-state index in [9.17, 15) is 13.2 Å². The van der Waals surface area contributed by atoms with E-state index >= 15 is 0 Å². The standard InChI is InChI=1S/C31H33F3N6/c1-22(2)39-18-14-28(15-19-39)40(21-23-5-11-26(12-6-23)37-27-4-3-16-35-20-27)30-36-17-13-29(38-30)24-7-9-25(10-8-24)31(32,33)34/h3-13,16-17,20,22,28,37H,14-15,18-19,21H2,1-2H3. The van der Waals surface area contributed by atoms with Crippen LogP contribution in [0.15, 0.2) is 85.3 Å². The Morgan fingerprint density at radius 1 is 0.925 bits per heavy atom. The summed E-state index contributed by atoms with van der Waals surface area (Å²) >= 11 is 0. The molecular formula is C31H33F3N6. The van der Waals surface area contributed by atoms with E-state index in [1.807, 2.05) is 24.3 Å². The summed E-state index contributed by atoms with van der Waals surface area (Å²) in [5.41, 5.74) is 3.55. The second kappa shape index (κ2) is 12.0. The number of rotatable bonds is 8. The van der Waals surface area contributed by atoms with Crippen molar-refractivity contribution in [3.05, 3.63) is 96.4 Å². The Hall–Kier alpha value is -3.98. The molecule has 0 unspecified atom stereocenters. The number of pyridine rings is 1. The average Bonchev–Trinajstić information content (AvgIpc) is 2.97.